The predicted molar refractivity (Wildman–Crippen MR) is 61.4 cm³/mol. The quantitative estimate of drug-likeness (QED) is 0.837. The summed E-state index contributed by atoms with van der Waals surface area (Å²) in [6.07, 6.45) is 4.13. The van der Waals surface area contributed by atoms with Crippen LogP contribution in [0.3, 0.4) is 0 Å². The van der Waals surface area contributed by atoms with Crippen LogP contribution in [0.5, 0.6) is 0 Å². The molecule has 0 aliphatic carbocycles. The molecule has 0 spiro atoms. The van der Waals surface area contributed by atoms with E-state index in [0.29, 0.717) is 5.65 Å². The molecule has 6 nitrogen and oxygen atoms in total. The zero-order valence-electron chi connectivity index (χ0n) is 9.20. The van der Waals surface area contributed by atoms with E-state index in [-0.39, 0.29) is 5.82 Å². The van der Waals surface area contributed by atoms with Crippen molar-refractivity contribution in [3.8, 4) is 0 Å². The molecule has 17 heavy (non-hydrogen) atoms. The van der Waals surface area contributed by atoms with E-state index in [1.165, 1.54) is 17.2 Å². The zero-order chi connectivity index (χ0) is 11.8. The molecule has 1 saturated heterocycles. The molecule has 0 saturated carbocycles. The van der Waals surface area contributed by atoms with Crippen molar-refractivity contribution < 1.29 is 9.90 Å². The molecule has 2 aromatic heterocycles. The van der Waals surface area contributed by atoms with Crippen molar-refractivity contribution in [2.45, 2.75) is 12.8 Å². The van der Waals surface area contributed by atoms with E-state index in [4.69, 9.17) is 5.11 Å². The Bertz CT molecular complexity index is 572. The number of nitrogens with zero attached hydrogens (tertiary/aromatic N) is 4. The smallest absolute Gasteiger partial charge is 0.374 e. The topological polar surface area (TPSA) is 70.7 Å². The van der Waals surface area contributed by atoms with Crippen LogP contribution in [0.1, 0.15) is 23.5 Å². The molecule has 0 amide bonds. The monoisotopic (exact) mass is 232 g/mol. The third-order valence-electron chi connectivity index (χ3n) is 3.06. The first-order valence-corrected chi connectivity index (χ1v) is 5.59. The Balaban J connectivity index is 2.05. The van der Waals surface area contributed by atoms with Gasteiger partial charge in [0.25, 0.3) is 0 Å². The summed E-state index contributed by atoms with van der Waals surface area (Å²) in [6.45, 7) is 2.10. The number of carboxylic acids is 1. The lowest BCUT2D eigenvalue weighted by Gasteiger charge is -2.17. The van der Waals surface area contributed by atoms with Crippen LogP contribution in [0.2, 0.25) is 0 Å². The summed E-state index contributed by atoms with van der Waals surface area (Å²) in [6, 6.07) is 3.79. The number of rotatable bonds is 2. The fourth-order valence-corrected chi connectivity index (χ4v) is 2.20. The highest BCUT2D eigenvalue weighted by Gasteiger charge is 2.16. The predicted octanol–water partition coefficient (Wildman–Crippen LogP) is 1.03. The van der Waals surface area contributed by atoms with Gasteiger partial charge >= 0.3 is 5.97 Å². The van der Waals surface area contributed by atoms with Gasteiger partial charge in [-0.1, -0.05) is 0 Å². The second kappa shape index (κ2) is 3.73. The Kier molecular flexibility index (Phi) is 2.21. The highest BCUT2D eigenvalue weighted by molar-refractivity contribution is 5.84. The van der Waals surface area contributed by atoms with E-state index in [9.17, 15) is 4.79 Å². The maximum absolute atomic E-state index is 10.9. The van der Waals surface area contributed by atoms with Crippen LogP contribution >= 0.6 is 0 Å². The SMILES string of the molecule is O=C(O)c1nnc2cc(N3CCCC3)ccn12. The fourth-order valence-electron chi connectivity index (χ4n) is 2.20. The van der Waals surface area contributed by atoms with Gasteiger partial charge in [0.05, 0.1) is 0 Å². The Hall–Kier alpha value is -2.11. The average Bonchev–Trinajstić information content (AvgIpc) is 2.97. The molecule has 88 valence electrons. The lowest BCUT2D eigenvalue weighted by Crippen LogP contribution is -2.17. The summed E-state index contributed by atoms with van der Waals surface area (Å²) in [5, 5.41) is 16.5. The van der Waals surface area contributed by atoms with E-state index in [1.54, 1.807) is 6.20 Å². The fraction of sp³-hybridized carbons (Fsp3) is 0.364. The van der Waals surface area contributed by atoms with Crippen molar-refractivity contribution in [2.24, 2.45) is 0 Å². The molecule has 0 bridgehead atoms. The molecule has 6 heteroatoms. The van der Waals surface area contributed by atoms with Crippen LogP contribution in [-0.4, -0.2) is 38.8 Å². The Morgan fingerprint density at radius 3 is 2.76 bits per heavy atom. The molecule has 3 heterocycles. The van der Waals surface area contributed by atoms with E-state index in [0.717, 1.165) is 18.8 Å². The molecule has 3 rings (SSSR count). The highest BCUT2D eigenvalue weighted by atomic mass is 16.4. The zero-order valence-corrected chi connectivity index (χ0v) is 9.20. The molecule has 1 fully saturated rings. The first-order chi connectivity index (χ1) is 8.25. The van der Waals surface area contributed by atoms with Gasteiger partial charge in [0, 0.05) is 31.0 Å². The van der Waals surface area contributed by atoms with E-state index in [1.807, 2.05) is 12.1 Å². The van der Waals surface area contributed by atoms with Gasteiger partial charge in [-0.05, 0) is 18.9 Å². The van der Waals surface area contributed by atoms with Crippen LogP contribution in [0, 0.1) is 0 Å². The molecule has 1 aliphatic rings. The summed E-state index contributed by atoms with van der Waals surface area (Å²) in [4.78, 5) is 13.2. The molecule has 1 N–H and O–H groups in total. The summed E-state index contributed by atoms with van der Waals surface area (Å²) in [5.74, 6) is -1.11. The molecule has 0 radical (unpaired) electrons. The summed E-state index contributed by atoms with van der Waals surface area (Å²) >= 11 is 0. The van der Waals surface area contributed by atoms with E-state index in [2.05, 4.69) is 15.1 Å². The number of aromatic nitrogens is 3. The van der Waals surface area contributed by atoms with Gasteiger partial charge < -0.3 is 10.0 Å². The molecule has 0 unspecified atom stereocenters. The van der Waals surface area contributed by atoms with Gasteiger partial charge in [0.15, 0.2) is 5.65 Å². The minimum atomic E-state index is -1.06. The molecular formula is C11H12N4O2. The molecule has 2 aromatic rings. The first kappa shape index (κ1) is 10.1. The standard InChI is InChI=1S/C11H12N4O2/c16-11(17)10-13-12-9-7-8(3-6-15(9)10)14-4-1-2-5-14/h3,6-7H,1-2,4-5H2,(H,16,17). The van der Waals surface area contributed by atoms with Crippen LogP contribution in [0.25, 0.3) is 5.65 Å². The minimum absolute atomic E-state index is 0.0482. The van der Waals surface area contributed by atoms with Gasteiger partial charge in [-0.2, -0.15) is 0 Å². The third-order valence-corrected chi connectivity index (χ3v) is 3.06. The van der Waals surface area contributed by atoms with Crippen LogP contribution in [0.15, 0.2) is 18.3 Å². The largest absolute Gasteiger partial charge is 0.475 e. The first-order valence-electron chi connectivity index (χ1n) is 5.59. The van der Waals surface area contributed by atoms with Crippen LogP contribution in [-0.2, 0) is 0 Å². The Morgan fingerprint density at radius 2 is 2.06 bits per heavy atom. The van der Waals surface area contributed by atoms with E-state index >= 15 is 0 Å². The Labute approximate surface area is 97.5 Å². The van der Waals surface area contributed by atoms with Crippen molar-refractivity contribution in [1.82, 2.24) is 14.6 Å². The number of fused-ring (bicyclic) bond motifs is 1. The average molecular weight is 232 g/mol. The van der Waals surface area contributed by atoms with Crippen molar-refractivity contribution in [1.29, 1.82) is 0 Å². The van der Waals surface area contributed by atoms with Crippen molar-refractivity contribution >= 4 is 17.3 Å². The van der Waals surface area contributed by atoms with E-state index < -0.39 is 5.97 Å². The Morgan fingerprint density at radius 1 is 1.29 bits per heavy atom. The lowest BCUT2D eigenvalue weighted by molar-refractivity contribution is 0.0682. The molecule has 0 atom stereocenters. The second-order valence-electron chi connectivity index (χ2n) is 4.14. The summed E-state index contributed by atoms with van der Waals surface area (Å²) in [7, 11) is 0. The van der Waals surface area contributed by atoms with Crippen molar-refractivity contribution in [3.05, 3.63) is 24.2 Å². The summed E-state index contributed by atoms with van der Waals surface area (Å²) < 4.78 is 1.49. The van der Waals surface area contributed by atoms with Crippen LogP contribution < -0.4 is 4.90 Å². The highest BCUT2D eigenvalue weighted by Crippen LogP contribution is 2.21. The summed E-state index contributed by atoms with van der Waals surface area (Å²) in [5.41, 5.74) is 1.66. The number of hydrogen-bond donors (Lipinski definition) is 1. The molecule has 0 aromatic carbocycles. The van der Waals surface area contributed by atoms with Crippen molar-refractivity contribution in [3.63, 3.8) is 0 Å². The maximum atomic E-state index is 10.9. The number of anilines is 1. The number of pyridine rings is 1. The normalized spacial score (nSPS) is 15.6. The van der Waals surface area contributed by atoms with Gasteiger partial charge in [0.1, 0.15) is 0 Å². The maximum Gasteiger partial charge on any atom is 0.374 e. The van der Waals surface area contributed by atoms with Gasteiger partial charge in [0.2, 0.25) is 5.82 Å². The minimum Gasteiger partial charge on any atom is -0.475 e. The molecule has 1 aliphatic heterocycles. The molecular weight excluding hydrogens is 220 g/mol. The number of hydrogen-bond acceptors (Lipinski definition) is 4. The number of aromatic carboxylic acids is 1. The van der Waals surface area contributed by atoms with Crippen molar-refractivity contribution in [2.75, 3.05) is 18.0 Å². The lowest BCUT2D eigenvalue weighted by atomic mass is 10.3. The van der Waals surface area contributed by atoms with Gasteiger partial charge in [-0.3, -0.25) is 4.40 Å². The number of carboxylic acid groups (broad SMARTS) is 1. The van der Waals surface area contributed by atoms with Gasteiger partial charge in [-0.25, -0.2) is 4.79 Å². The third kappa shape index (κ3) is 1.61. The number of carbonyl (C=O) groups is 1. The second-order valence-corrected chi connectivity index (χ2v) is 4.14. The van der Waals surface area contributed by atoms with Crippen LogP contribution in [0.4, 0.5) is 5.69 Å². The van der Waals surface area contributed by atoms with Gasteiger partial charge in [-0.15, -0.1) is 10.2 Å².